The summed E-state index contributed by atoms with van der Waals surface area (Å²) in [4.78, 5) is 47.8. The van der Waals surface area contributed by atoms with Crippen LogP contribution in [0, 0.1) is 5.41 Å². The number of ether oxygens (including phenoxy) is 1. The first-order chi connectivity index (χ1) is 21.3. The molecule has 2 aromatic heterocycles. The van der Waals surface area contributed by atoms with E-state index < -0.39 is 6.09 Å². The molecule has 0 aliphatic heterocycles. The van der Waals surface area contributed by atoms with Crippen LogP contribution in [0.15, 0.2) is 66.9 Å². The Morgan fingerprint density at radius 1 is 0.977 bits per heavy atom. The average Bonchev–Trinajstić information content (AvgIpc) is 3.34. The lowest BCUT2D eigenvalue weighted by molar-refractivity contribution is -0.116. The number of carbonyl (C=O) groups is 3. The third-order valence-electron chi connectivity index (χ3n) is 7.42. The molecular weight excluding hydrogens is 556 g/mol. The van der Waals surface area contributed by atoms with Crippen molar-refractivity contribution < 1.29 is 19.1 Å². The molecule has 0 bridgehead atoms. The number of hydrogen-bond acceptors (Lipinski definition) is 7. The molecule has 4 aromatic rings. The van der Waals surface area contributed by atoms with Gasteiger partial charge in [-0.15, -0.1) is 0 Å². The largest absolute Gasteiger partial charge is 0.449 e. The van der Waals surface area contributed by atoms with E-state index in [1.54, 1.807) is 30.5 Å². The zero-order valence-corrected chi connectivity index (χ0v) is 25.6. The SMILES string of the molecule is CCCCCCOC(=O)NC(=N)c1ccc(CCc2nc3cc(C(=O)N(CCC(C)=O)c4ccccn4)ccc3n2C)cc1. The lowest BCUT2D eigenvalue weighted by Crippen LogP contribution is -2.33. The number of imidazole rings is 1. The van der Waals surface area contributed by atoms with Gasteiger partial charge in [-0.05, 0) is 55.7 Å². The molecule has 0 saturated heterocycles. The molecule has 0 saturated carbocycles. The number of unbranched alkanes of at least 4 members (excludes halogenated alkanes) is 3. The highest BCUT2D eigenvalue weighted by Gasteiger charge is 2.20. The van der Waals surface area contributed by atoms with Crippen molar-refractivity contribution >= 4 is 40.5 Å². The number of nitrogens with one attached hydrogen (secondary N) is 2. The van der Waals surface area contributed by atoms with Crippen LogP contribution in [-0.4, -0.2) is 51.3 Å². The maximum absolute atomic E-state index is 13.5. The van der Waals surface area contributed by atoms with Crippen molar-refractivity contribution in [2.24, 2.45) is 7.05 Å². The van der Waals surface area contributed by atoms with Gasteiger partial charge in [-0.3, -0.25) is 25.2 Å². The average molecular weight is 597 g/mol. The summed E-state index contributed by atoms with van der Waals surface area (Å²) in [6.45, 7) is 4.23. The molecule has 0 unspecified atom stereocenters. The molecule has 0 aliphatic carbocycles. The van der Waals surface area contributed by atoms with Gasteiger partial charge in [0.2, 0.25) is 0 Å². The Balaban J connectivity index is 1.38. The van der Waals surface area contributed by atoms with E-state index in [0.717, 1.165) is 49.0 Å². The molecule has 0 radical (unpaired) electrons. The van der Waals surface area contributed by atoms with Crippen LogP contribution in [0.1, 0.15) is 73.3 Å². The number of pyridine rings is 1. The Hall–Kier alpha value is -4.86. The number of benzene rings is 2. The number of fused-ring (bicyclic) bond motifs is 1. The maximum Gasteiger partial charge on any atom is 0.412 e. The Morgan fingerprint density at radius 3 is 2.45 bits per heavy atom. The van der Waals surface area contributed by atoms with Crippen molar-refractivity contribution in [3.63, 3.8) is 0 Å². The minimum Gasteiger partial charge on any atom is -0.449 e. The minimum absolute atomic E-state index is 0.00119. The number of hydrogen-bond donors (Lipinski definition) is 2. The number of ketones is 1. The third kappa shape index (κ3) is 8.59. The second kappa shape index (κ2) is 15.6. The van der Waals surface area contributed by atoms with Crippen LogP contribution >= 0.6 is 0 Å². The highest BCUT2D eigenvalue weighted by molar-refractivity contribution is 6.07. The van der Waals surface area contributed by atoms with Crippen LogP contribution in [0.25, 0.3) is 11.0 Å². The van der Waals surface area contributed by atoms with Gasteiger partial charge in [-0.25, -0.2) is 14.8 Å². The number of aromatic nitrogens is 3. The molecule has 44 heavy (non-hydrogen) atoms. The van der Waals surface area contributed by atoms with E-state index in [4.69, 9.17) is 15.1 Å². The van der Waals surface area contributed by atoms with E-state index in [0.29, 0.717) is 35.5 Å². The van der Waals surface area contributed by atoms with Crippen molar-refractivity contribution in [2.75, 3.05) is 18.1 Å². The number of alkyl carbamates (subject to hydrolysis) is 1. The number of Topliss-reactive ketones (excluding diaryl/α,β-unsaturated/α-hetero) is 1. The fourth-order valence-electron chi connectivity index (χ4n) is 4.86. The third-order valence-corrected chi connectivity index (χ3v) is 7.42. The van der Waals surface area contributed by atoms with E-state index in [1.165, 1.54) is 11.8 Å². The minimum atomic E-state index is -0.609. The van der Waals surface area contributed by atoms with Crippen molar-refractivity contribution in [1.29, 1.82) is 5.41 Å². The molecule has 2 aromatic carbocycles. The summed E-state index contributed by atoms with van der Waals surface area (Å²) < 4.78 is 7.19. The first kappa shape index (κ1) is 32.1. The van der Waals surface area contributed by atoms with E-state index in [-0.39, 0.29) is 30.5 Å². The lowest BCUT2D eigenvalue weighted by atomic mass is 10.1. The Bertz CT molecular complexity index is 1600. The molecule has 10 nitrogen and oxygen atoms in total. The molecular formula is C34H40N6O4. The normalized spacial score (nSPS) is 10.9. The van der Waals surface area contributed by atoms with Gasteiger partial charge >= 0.3 is 6.09 Å². The number of amides is 2. The Kier molecular flexibility index (Phi) is 11.3. The van der Waals surface area contributed by atoms with Gasteiger partial charge in [0.05, 0.1) is 17.6 Å². The van der Waals surface area contributed by atoms with Gasteiger partial charge in [0, 0.05) is 43.8 Å². The summed E-state index contributed by atoms with van der Waals surface area (Å²) in [5.74, 6) is 1.14. The van der Waals surface area contributed by atoms with E-state index >= 15 is 0 Å². The number of nitrogens with zero attached hydrogens (tertiary/aromatic N) is 4. The summed E-state index contributed by atoms with van der Waals surface area (Å²) in [6, 6.07) is 18.3. The van der Waals surface area contributed by atoms with Gasteiger partial charge in [0.1, 0.15) is 23.3 Å². The second-order valence-electron chi connectivity index (χ2n) is 10.8. The van der Waals surface area contributed by atoms with Crippen LogP contribution in [0.4, 0.5) is 10.6 Å². The highest BCUT2D eigenvalue weighted by Crippen LogP contribution is 2.21. The van der Waals surface area contributed by atoms with Crippen LogP contribution in [-0.2, 0) is 29.4 Å². The molecule has 2 N–H and O–H groups in total. The molecule has 2 amide bonds. The summed E-state index contributed by atoms with van der Waals surface area (Å²) in [5, 5.41) is 10.7. The highest BCUT2D eigenvalue weighted by atomic mass is 16.5. The monoisotopic (exact) mass is 596 g/mol. The zero-order valence-electron chi connectivity index (χ0n) is 25.6. The summed E-state index contributed by atoms with van der Waals surface area (Å²) in [7, 11) is 1.96. The smallest absolute Gasteiger partial charge is 0.412 e. The van der Waals surface area contributed by atoms with Crippen LogP contribution < -0.4 is 10.2 Å². The van der Waals surface area contributed by atoms with Crippen molar-refractivity contribution in [2.45, 2.75) is 58.8 Å². The van der Waals surface area contributed by atoms with Crippen molar-refractivity contribution in [1.82, 2.24) is 19.9 Å². The van der Waals surface area contributed by atoms with Gasteiger partial charge in [0.15, 0.2) is 0 Å². The van der Waals surface area contributed by atoms with E-state index in [1.807, 2.05) is 48.0 Å². The lowest BCUT2D eigenvalue weighted by Gasteiger charge is -2.21. The first-order valence-electron chi connectivity index (χ1n) is 15.1. The number of carbonyl (C=O) groups excluding carboxylic acids is 3. The van der Waals surface area contributed by atoms with Crippen LogP contribution in [0.5, 0.6) is 0 Å². The molecule has 2 heterocycles. The fourth-order valence-corrected chi connectivity index (χ4v) is 4.86. The Labute approximate surface area is 258 Å². The maximum atomic E-state index is 13.5. The molecule has 10 heteroatoms. The number of anilines is 1. The zero-order chi connectivity index (χ0) is 31.5. The fraction of sp³-hybridized carbons (Fsp3) is 0.353. The topological polar surface area (TPSA) is 130 Å². The number of amidine groups is 1. The quantitative estimate of drug-likeness (QED) is 0.104. The molecule has 0 spiro atoms. The number of rotatable bonds is 14. The molecule has 0 fully saturated rings. The Morgan fingerprint density at radius 2 is 1.75 bits per heavy atom. The molecule has 230 valence electrons. The van der Waals surface area contributed by atoms with Gasteiger partial charge < -0.3 is 9.30 Å². The van der Waals surface area contributed by atoms with Crippen LogP contribution in [0.3, 0.4) is 0 Å². The van der Waals surface area contributed by atoms with Gasteiger partial charge in [-0.1, -0.05) is 56.5 Å². The van der Waals surface area contributed by atoms with E-state index in [2.05, 4.69) is 17.2 Å². The van der Waals surface area contributed by atoms with Gasteiger partial charge in [0.25, 0.3) is 5.91 Å². The number of aryl methyl sites for hydroxylation is 3. The van der Waals surface area contributed by atoms with Gasteiger partial charge in [-0.2, -0.15) is 0 Å². The summed E-state index contributed by atoms with van der Waals surface area (Å²) >= 11 is 0. The standard InChI is InChI=1S/C34H40N6O4/c1-4-5-6-9-22-44-34(43)38-32(35)26-14-11-25(12-15-26)13-18-31-37-28-23-27(16-17-29(28)39(31)3)33(42)40(21-19-24(2)41)30-10-7-8-20-36-30/h7-8,10-12,14-17,20,23H,4-6,9,13,18-19,21-22H2,1-3H3,(H2,35,38,43). The predicted molar refractivity (Wildman–Crippen MR) is 171 cm³/mol. The van der Waals surface area contributed by atoms with Crippen molar-refractivity contribution in [3.05, 3.63) is 89.4 Å². The summed E-state index contributed by atoms with van der Waals surface area (Å²) in [6.07, 6.45) is 6.72. The van der Waals surface area contributed by atoms with E-state index in [9.17, 15) is 14.4 Å². The molecule has 0 aliphatic rings. The first-order valence-corrected chi connectivity index (χ1v) is 15.1. The molecule has 4 rings (SSSR count). The molecule has 0 atom stereocenters. The summed E-state index contributed by atoms with van der Waals surface area (Å²) in [5.41, 5.74) is 3.77. The second-order valence-corrected chi connectivity index (χ2v) is 10.8. The van der Waals surface area contributed by atoms with Crippen LogP contribution in [0.2, 0.25) is 0 Å². The van der Waals surface area contributed by atoms with Crippen molar-refractivity contribution in [3.8, 4) is 0 Å². The predicted octanol–water partition coefficient (Wildman–Crippen LogP) is 6.01.